The normalized spacial score (nSPS) is 16.7. The number of aliphatic carboxylic acids is 1. The van der Waals surface area contributed by atoms with Crippen LogP contribution in [-0.4, -0.2) is 72.4 Å². The fourth-order valence-corrected chi connectivity index (χ4v) is 6.43. The van der Waals surface area contributed by atoms with Crippen LogP contribution >= 0.6 is 23.2 Å². The first-order chi connectivity index (χ1) is 19.3. The summed E-state index contributed by atoms with van der Waals surface area (Å²) in [5, 5.41) is 12.3. The molecular formula is C28H28Cl2FN3O6S. The smallest absolute Gasteiger partial charge is 0.326 e. The van der Waals surface area contributed by atoms with E-state index < -0.39 is 33.8 Å². The van der Waals surface area contributed by atoms with Crippen LogP contribution in [0.25, 0.3) is 6.08 Å². The summed E-state index contributed by atoms with van der Waals surface area (Å²) in [5.74, 6) is -2.85. The van der Waals surface area contributed by atoms with Crippen molar-refractivity contribution in [1.82, 2.24) is 14.5 Å². The Hall–Kier alpha value is -3.25. The highest BCUT2D eigenvalue weighted by Gasteiger charge is 2.30. The average Bonchev–Trinajstić information content (AvgIpc) is 2.91. The number of rotatable bonds is 8. The number of hydrogen-bond donors (Lipinski definition) is 2. The van der Waals surface area contributed by atoms with Crippen LogP contribution in [0.5, 0.6) is 0 Å². The van der Waals surface area contributed by atoms with Crippen LogP contribution in [-0.2, 0) is 32.6 Å². The molecule has 41 heavy (non-hydrogen) atoms. The molecule has 0 aromatic heterocycles. The van der Waals surface area contributed by atoms with E-state index in [0.717, 1.165) is 6.26 Å². The summed E-state index contributed by atoms with van der Waals surface area (Å²) in [4.78, 5) is 39.5. The van der Waals surface area contributed by atoms with Crippen LogP contribution in [0.2, 0.25) is 10.0 Å². The van der Waals surface area contributed by atoms with E-state index in [-0.39, 0.29) is 46.6 Å². The predicted molar refractivity (Wildman–Crippen MR) is 154 cm³/mol. The number of carboxylic acids is 1. The van der Waals surface area contributed by atoms with Gasteiger partial charge in [-0.2, -0.15) is 4.31 Å². The summed E-state index contributed by atoms with van der Waals surface area (Å²) >= 11 is 13.0. The fraction of sp³-hybridized carbons (Fsp3) is 0.321. The molecule has 0 aliphatic carbocycles. The van der Waals surface area contributed by atoms with Crippen LogP contribution in [0.1, 0.15) is 39.9 Å². The van der Waals surface area contributed by atoms with Crippen LogP contribution in [0.3, 0.4) is 0 Å². The first-order valence-corrected chi connectivity index (χ1v) is 15.3. The first-order valence-electron chi connectivity index (χ1n) is 12.7. The summed E-state index contributed by atoms with van der Waals surface area (Å²) < 4.78 is 39.0. The molecule has 2 amide bonds. The topological polar surface area (TPSA) is 124 Å². The Labute approximate surface area is 247 Å². The Kier molecular flexibility index (Phi) is 9.53. The Balaban J connectivity index is 1.47. The van der Waals surface area contributed by atoms with Crippen LogP contribution in [0, 0.1) is 5.82 Å². The summed E-state index contributed by atoms with van der Waals surface area (Å²) in [6.07, 6.45) is 6.22. The van der Waals surface area contributed by atoms with Crippen LogP contribution < -0.4 is 5.32 Å². The number of nitrogens with one attached hydrogen (secondary N) is 1. The number of benzene rings is 2. The molecule has 2 N–H and O–H groups in total. The third-order valence-corrected chi connectivity index (χ3v) is 8.95. The minimum atomic E-state index is -3.45. The van der Waals surface area contributed by atoms with Crippen molar-refractivity contribution in [3.63, 3.8) is 0 Å². The lowest BCUT2D eigenvalue weighted by Gasteiger charge is -2.30. The number of sulfonamides is 1. The van der Waals surface area contributed by atoms with Gasteiger partial charge in [-0.1, -0.05) is 53.1 Å². The standard InChI is InChI=1S/C28H28Cl2FN3O6S/c1-41(39,40)34-11-4-5-17(15-34)13-23(28(37)38)32-27(36)25-21(29)14-19-16-33(12-10-20(19)26(25)30)24(35)9-8-18-6-2-3-7-22(18)31/h2-3,5-9,14,23H,4,10-13,15-16H2,1H3,(H,32,36)(H,37,38)/b9-8+/t23-/m0/s1. The zero-order valence-corrected chi connectivity index (χ0v) is 24.4. The van der Waals surface area contributed by atoms with Gasteiger partial charge >= 0.3 is 5.97 Å². The van der Waals surface area contributed by atoms with Gasteiger partial charge in [0.25, 0.3) is 5.91 Å². The van der Waals surface area contributed by atoms with E-state index in [0.29, 0.717) is 42.6 Å². The largest absolute Gasteiger partial charge is 0.480 e. The van der Waals surface area contributed by atoms with Crippen molar-refractivity contribution in [1.29, 1.82) is 0 Å². The zero-order chi connectivity index (χ0) is 29.9. The molecule has 0 saturated carbocycles. The van der Waals surface area contributed by atoms with E-state index in [9.17, 15) is 32.3 Å². The Morgan fingerprint density at radius 2 is 1.90 bits per heavy atom. The summed E-state index contributed by atoms with van der Waals surface area (Å²) in [5.41, 5.74) is 2.04. The van der Waals surface area contributed by atoms with E-state index in [2.05, 4.69) is 5.32 Å². The van der Waals surface area contributed by atoms with Crippen molar-refractivity contribution in [3.8, 4) is 0 Å². The lowest BCUT2D eigenvalue weighted by molar-refractivity contribution is -0.139. The van der Waals surface area contributed by atoms with Gasteiger partial charge in [0, 0.05) is 44.2 Å². The van der Waals surface area contributed by atoms with Gasteiger partial charge < -0.3 is 15.3 Å². The number of carboxylic acid groups (broad SMARTS) is 1. The number of hydrogen-bond acceptors (Lipinski definition) is 5. The second-order valence-electron chi connectivity index (χ2n) is 9.87. The van der Waals surface area contributed by atoms with Crippen molar-refractivity contribution in [3.05, 3.63) is 86.2 Å². The molecule has 2 aromatic rings. The average molecular weight is 625 g/mol. The van der Waals surface area contributed by atoms with Crippen molar-refractivity contribution >= 4 is 57.1 Å². The zero-order valence-electron chi connectivity index (χ0n) is 22.1. The minimum Gasteiger partial charge on any atom is -0.480 e. The third kappa shape index (κ3) is 7.34. The predicted octanol–water partition coefficient (Wildman–Crippen LogP) is 3.90. The maximum absolute atomic E-state index is 13.9. The lowest BCUT2D eigenvalue weighted by atomic mass is 9.96. The molecule has 2 heterocycles. The molecule has 0 spiro atoms. The van der Waals surface area contributed by atoms with Gasteiger partial charge in [-0.25, -0.2) is 17.6 Å². The van der Waals surface area contributed by atoms with E-state index in [1.54, 1.807) is 29.2 Å². The maximum atomic E-state index is 13.9. The molecule has 9 nitrogen and oxygen atoms in total. The Morgan fingerprint density at radius 1 is 1.17 bits per heavy atom. The molecule has 0 bridgehead atoms. The lowest BCUT2D eigenvalue weighted by Crippen LogP contribution is -2.43. The van der Waals surface area contributed by atoms with Gasteiger partial charge in [0.1, 0.15) is 11.9 Å². The summed E-state index contributed by atoms with van der Waals surface area (Å²) in [7, 11) is -3.45. The molecule has 0 unspecified atom stereocenters. The van der Waals surface area contributed by atoms with E-state index >= 15 is 0 Å². The maximum Gasteiger partial charge on any atom is 0.326 e. The van der Waals surface area contributed by atoms with Crippen molar-refractivity contribution in [2.45, 2.75) is 31.8 Å². The molecule has 0 fully saturated rings. The van der Waals surface area contributed by atoms with Gasteiger partial charge in [0.2, 0.25) is 15.9 Å². The number of halogens is 3. The van der Waals surface area contributed by atoms with E-state index in [4.69, 9.17) is 23.2 Å². The van der Waals surface area contributed by atoms with Crippen LogP contribution in [0.4, 0.5) is 4.39 Å². The Morgan fingerprint density at radius 3 is 2.59 bits per heavy atom. The number of nitrogens with zero attached hydrogens (tertiary/aromatic N) is 2. The van der Waals surface area contributed by atoms with Crippen molar-refractivity contribution in [2.75, 3.05) is 25.9 Å². The second kappa shape index (κ2) is 12.7. The van der Waals surface area contributed by atoms with Gasteiger partial charge in [0.15, 0.2) is 0 Å². The molecule has 218 valence electrons. The molecule has 2 aromatic carbocycles. The van der Waals surface area contributed by atoms with Gasteiger partial charge in [-0.05, 0) is 42.2 Å². The molecule has 2 aliphatic rings. The minimum absolute atomic E-state index is 0.00767. The molecule has 0 radical (unpaired) electrons. The number of carbonyl (C=O) groups excluding carboxylic acids is 2. The van der Waals surface area contributed by atoms with Gasteiger partial charge in [-0.3, -0.25) is 9.59 Å². The molecule has 1 atom stereocenters. The molecule has 0 saturated heterocycles. The monoisotopic (exact) mass is 623 g/mol. The molecule has 4 rings (SSSR count). The second-order valence-corrected chi connectivity index (χ2v) is 12.6. The highest BCUT2D eigenvalue weighted by atomic mass is 35.5. The SMILES string of the molecule is CS(=O)(=O)N1CCC=C(C[C@H](NC(=O)c2c(Cl)cc3c(c2Cl)CCN(C(=O)/C=C/c2ccccc2F)C3)C(=O)O)C1. The quantitative estimate of drug-likeness (QED) is 0.339. The van der Waals surface area contributed by atoms with E-state index in [1.165, 1.54) is 28.6 Å². The summed E-state index contributed by atoms with van der Waals surface area (Å²) in [6, 6.07) is 6.27. The van der Waals surface area contributed by atoms with Crippen molar-refractivity contribution in [2.24, 2.45) is 0 Å². The number of amides is 2. The number of carbonyl (C=O) groups is 3. The third-order valence-electron chi connectivity index (χ3n) is 6.98. The molecular weight excluding hydrogens is 596 g/mol. The molecule has 13 heteroatoms. The molecule has 2 aliphatic heterocycles. The fourth-order valence-electron chi connectivity index (χ4n) is 4.83. The highest BCUT2D eigenvalue weighted by molar-refractivity contribution is 7.88. The van der Waals surface area contributed by atoms with E-state index in [1.807, 2.05) is 0 Å². The first kappa shape index (κ1) is 30.7. The Bertz CT molecular complexity index is 1560. The van der Waals surface area contributed by atoms with Crippen molar-refractivity contribution < 1.29 is 32.3 Å². The highest BCUT2D eigenvalue weighted by Crippen LogP contribution is 2.35. The van der Waals surface area contributed by atoms with Gasteiger partial charge in [0.05, 0.1) is 21.9 Å². The number of fused-ring (bicyclic) bond motifs is 1. The van der Waals surface area contributed by atoms with Crippen LogP contribution in [0.15, 0.2) is 48.1 Å². The van der Waals surface area contributed by atoms with Gasteiger partial charge in [-0.15, -0.1) is 0 Å². The summed E-state index contributed by atoms with van der Waals surface area (Å²) in [6.45, 7) is 0.805.